The molecule has 5 heteroatoms. The van der Waals surface area contributed by atoms with Gasteiger partial charge in [0.1, 0.15) is 11.5 Å². The number of hydrogen-bond acceptors (Lipinski definition) is 4. The first-order chi connectivity index (χ1) is 28.7. The Morgan fingerprint density at radius 2 is 1.28 bits per heavy atom. The Bertz CT molecular complexity index is 2810. The third kappa shape index (κ3) is 7.31. The summed E-state index contributed by atoms with van der Waals surface area (Å²) in [5.41, 5.74) is 15.7. The van der Waals surface area contributed by atoms with Crippen LogP contribution in [-0.4, -0.2) is 18.8 Å². The number of benzene rings is 6. The second-order valence-corrected chi connectivity index (χ2v) is 14.2. The normalized spacial score (nSPS) is 13.4. The van der Waals surface area contributed by atoms with Gasteiger partial charge in [0.15, 0.2) is 0 Å². The highest BCUT2D eigenvalue weighted by Gasteiger charge is 2.18. The van der Waals surface area contributed by atoms with Crippen molar-refractivity contribution < 1.29 is 9.47 Å². The largest absolute Gasteiger partial charge is 0.497 e. The summed E-state index contributed by atoms with van der Waals surface area (Å²) >= 11 is 0. The molecule has 9 rings (SSSR count). The maximum Gasteiger partial charge on any atom is 0.119 e. The predicted octanol–water partition coefficient (Wildman–Crippen LogP) is 13.4. The van der Waals surface area contributed by atoms with E-state index >= 15 is 0 Å². The monoisotopic (exact) mass is 753 g/mol. The van der Waals surface area contributed by atoms with Crippen molar-refractivity contribution in [1.29, 1.82) is 0 Å². The van der Waals surface area contributed by atoms with E-state index in [1.807, 2.05) is 36.4 Å². The summed E-state index contributed by atoms with van der Waals surface area (Å²) in [6, 6.07) is 51.9. The Hall–Kier alpha value is -7.46. The van der Waals surface area contributed by atoms with E-state index in [0.29, 0.717) is 6.54 Å². The Balaban J connectivity index is 1.04. The average molecular weight is 754 g/mol. The maximum atomic E-state index is 5.62. The number of fused-ring (bicyclic) bond motifs is 3. The first-order valence-corrected chi connectivity index (χ1v) is 19.6. The molecule has 0 aliphatic heterocycles. The van der Waals surface area contributed by atoms with Gasteiger partial charge in [-0.25, -0.2) is 0 Å². The number of aromatic nitrogens is 1. The molecule has 0 atom stereocenters. The van der Waals surface area contributed by atoms with Crippen molar-refractivity contribution >= 4 is 50.3 Å². The molecule has 0 radical (unpaired) electrons. The Labute approximate surface area is 340 Å². The quantitative estimate of drug-likeness (QED) is 0.123. The molecule has 2 aliphatic rings. The van der Waals surface area contributed by atoms with Gasteiger partial charge in [-0.15, -0.1) is 5.73 Å². The summed E-state index contributed by atoms with van der Waals surface area (Å²) in [6.45, 7) is 0.694. The van der Waals surface area contributed by atoms with E-state index in [1.165, 1.54) is 27.4 Å². The van der Waals surface area contributed by atoms with Gasteiger partial charge in [-0.3, -0.25) is 0 Å². The van der Waals surface area contributed by atoms with Gasteiger partial charge < -0.3 is 23.8 Å². The molecule has 2 aliphatic carbocycles. The zero-order valence-electron chi connectivity index (χ0n) is 32.6. The molecule has 0 bridgehead atoms. The lowest BCUT2D eigenvalue weighted by atomic mass is 10.0. The molecule has 5 nitrogen and oxygen atoms in total. The fourth-order valence-corrected chi connectivity index (χ4v) is 7.82. The molecule has 282 valence electrons. The number of hydrogen-bond donors (Lipinski definition) is 0. The SMILES string of the molecule is COC1=CCC=C(N(Cc2ccc(-c3ccc(N(c4ccccc4)c4ccc(OC)cc4)cc3)cc2)c2ccc3c(c2)c2ccccc2n3C2=CC=CC=C=C2)C=C1. The van der Waals surface area contributed by atoms with E-state index < -0.39 is 0 Å². The minimum absolute atomic E-state index is 0.694. The van der Waals surface area contributed by atoms with Crippen molar-refractivity contribution in [2.75, 3.05) is 24.0 Å². The van der Waals surface area contributed by atoms with E-state index in [-0.39, 0.29) is 0 Å². The molecule has 0 spiro atoms. The van der Waals surface area contributed by atoms with E-state index in [2.05, 4.69) is 184 Å². The van der Waals surface area contributed by atoms with Crippen molar-refractivity contribution in [1.82, 2.24) is 4.57 Å². The molecule has 58 heavy (non-hydrogen) atoms. The zero-order valence-corrected chi connectivity index (χ0v) is 32.6. The lowest BCUT2D eigenvalue weighted by Gasteiger charge is -2.27. The molecular formula is C53H43N3O2. The Morgan fingerprint density at radius 3 is 2.03 bits per heavy atom. The van der Waals surface area contributed by atoms with Crippen molar-refractivity contribution in [2.45, 2.75) is 13.0 Å². The zero-order chi connectivity index (χ0) is 39.3. The van der Waals surface area contributed by atoms with Gasteiger partial charge in [-0.05, 0) is 126 Å². The van der Waals surface area contributed by atoms with Gasteiger partial charge in [0.25, 0.3) is 0 Å². The highest BCUT2D eigenvalue weighted by molar-refractivity contribution is 6.11. The molecule has 0 fully saturated rings. The molecule has 0 saturated carbocycles. The summed E-state index contributed by atoms with van der Waals surface area (Å²) in [5, 5.41) is 2.42. The van der Waals surface area contributed by atoms with Crippen LogP contribution in [0.15, 0.2) is 217 Å². The van der Waals surface area contributed by atoms with E-state index in [1.54, 1.807) is 14.2 Å². The van der Waals surface area contributed by atoms with Crippen molar-refractivity contribution in [3.8, 4) is 16.9 Å². The summed E-state index contributed by atoms with van der Waals surface area (Å²) < 4.78 is 13.4. The lowest BCUT2D eigenvalue weighted by molar-refractivity contribution is 0.306. The van der Waals surface area contributed by atoms with Crippen LogP contribution in [0.2, 0.25) is 0 Å². The summed E-state index contributed by atoms with van der Waals surface area (Å²) in [6.07, 6.45) is 19.6. The second kappa shape index (κ2) is 16.3. The number of ether oxygens (including phenoxy) is 2. The number of para-hydroxylation sites is 2. The standard InChI is InChI=1S/C53H43N3O2/c1-57-48-18-12-17-42(29-33-48)54(47-32-36-53-51(37-47)50-19-10-11-20-52(50)56(53)44-15-6-3-4-7-16-44)38-39-21-23-40(24-22-39)41-25-27-45(28-26-41)55(43-13-8-5-9-14-43)46-30-34-49(58-2)35-31-46/h3-6,8-11,13-37H,12,38H2,1-2H3. The molecule has 0 amide bonds. The molecule has 7 aromatic rings. The topological polar surface area (TPSA) is 29.9 Å². The van der Waals surface area contributed by atoms with E-state index in [0.717, 1.165) is 63.2 Å². The molecule has 0 saturated heterocycles. The minimum Gasteiger partial charge on any atom is -0.497 e. The van der Waals surface area contributed by atoms with Crippen LogP contribution >= 0.6 is 0 Å². The lowest BCUT2D eigenvalue weighted by Crippen LogP contribution is -2.21. The molecule has 0 N–H and O–H groups in total. The van der Waals surface area contributed by atoms with Gasteiger partial charge >= 0.3 is 0 Å². The van der Waals surface area contributed by atoms with Crippen molar-refractivity contribution in [2.24, 2.45) is 0 Å². The Morgan fingerprint density at radius 1 is 0.603 bits per heavy atom. The molecule has 1 aromatic heterocycles. The first kappa shape index (κ1) is 36.2. The molecule has 0 unspecified atom stereocenters. The fraction of sp³-hybridized carbons (Fsp3) is 0.0755. The van der Waals surface area contributed by atoms with Gasteiger partial charge in [0.05, 0.1) is 31.0 Å². The maximum absolute atomic E-state index is 5.62. The van der Waals surface area contributed by atoms with Gasteiger partial charge in [-0.2, -0.15) is 0 Å². The van der Waals surface area contributed by atoms with E-state index in [4.69, 9.17) is 9.47 Å². The van der Waals surface area contributed by atoms with Crippen LogP contribution in [0.5, 0.6) is 5.75 Å². The summed E-state index contributed by atoms with van der Waals surface area (Å²) in [7, 11) is 3.42. The van der Waals surface area contributed by atoms with Crippen LogP contribution in [0.25, 0.3) is 38.6 Å². The van der Waals surface area contributed by atoms with E-state index in [9.17, 15) is 0 Å². The van der Waals surface area contributed by atoms with Crippen molar-refractivity contribution in [3.05, 3.63) is 223 Å². The fourth-order valence-electron chi connectivity index (χ4n) is 7.82. The van der Waals surface area contributed by atoms with Gasteiger partial charge in [0, 0.05) is 51.8 Å². The number of nitrogens with zero attached hydrogens (tertiary/aromatic N) is 3. The van der Waals surface area contributed by atoms with Crippen LogP contribution in [0.1, 0.15) is 12.0 Å². The molecular weight excluding hydrogens is 711 g/mol. The molecule has 6 aromatic carbocycles. The number of allylic oxidation sites excluding steroid dienone is 9. The molecule has 1 heterocycles. The third-order valence-electron chi connectivity index (χ3n) is 10.7. The van der Waals surface area contributed by atoms with Crippen molar-refractivity contribution in [3.63, 3.8) is 0 Å². The third-order valence-corrected chi connectivity index (χ3v) is 10.7. The smallest absolute Gasteiger partial charge is 0.119 e. The predicted molar refractivity (Wildman–Crippen MR) is 242 cm³/mol. The second-order valence-electron chi connectivity index (χ2n) is 14.2. The minimum atomic E-state index is 0.694. The Kier molecular flexibility index (Phi) is 10.2. The number of methoxy groups -OCH3 is 2. The van der Waals surface area contributed by atoms with Gasteiger partial charge in [-0.1, -0.05) is 91.0 Å². The first-order valence-electron chi connectivity index (χ1n) is 19.6. The van der Waals surface area contributed by atoms with Crippen LogP contribution < -0.4 is 14.5 Å². The highest BCUT2D eigenvalue weighted by Crippen LogP contribution is 2.38. The summed E-state index contributed by atoms with van der Waals surface area (Å²) in [5.74, 6) is 1.70. The van der Waals surface area contributed by atoms with Crippen LogP contribution in [0, 0.1) is 0 Å². The highest BCUT2D eigenvalue weighted by atomic mass is 16.5. The van der Waals surface area contributed by atoms with Crippen LogP contribution in [-0.2, 0) is 11.3 Å². The summed E-state index contributed by atoms with van der Waals surface area (Å²) in [4.78, 5) is 4.67. The number of rotatable bonds is 11. The van der Waals surface area contributed by atoms with Gasteiger partial charge in [0.2, 0.25) is 0 Å². The van der Waals surface area contributed by atoms with Crippen LogP contribution in [0.3, 0.4) is 0 Å². The number of anilines is 4. The average Bonchev–Trinajstić information content (AvgIpc) is 3.49. The van der Waals surface area contributed by atoms with Crippen LogP contribution in [0.4, 0.5) is 22.7 Å².